The molecule has 1 aliphatic carbocycles. The molecule has 0 bridgehead atoms. The van der Waals surface area contributed by atoms with Crippen molar-refractivity contribution in [2.75, 3.05) is 6.61 Å². The van der Waals surface area contributed by atoms with E-state index in [4.69, 9.17) is 9.84 Å². The number of nitrogens with one attached hydrogen (secondary N) is 1. The maximum atomic E-state index is 11.8. The summed E-state index contributed by atoms with van der Waals surface area (Å²) in [6, 6.07) is -0.796. The van der Waals surface area contributed by atoms with Crippen LogP contribution in [0.3, 0.4) is 0 Å². The zero-order chi connectivity index (χ0) is 15.0. The third kappa shape index (κ3) is 5.90. The van der Waals surface area contributed by atoms with Crippen molar-refractivity contribution < 1.29 is 19.4 Å². The Balaban J connectivity index is 2.31. The monoisotopic (exact) mass is 285 g/mol. The van der Waals surface area contributed by atoms with E-state index in [-0.39, 0.29) is 18.6 Å². The molecule has 116 valence electrons. The standard InChI is InChI=1S/C15H27NO4/c1-3-4-8-12(15(18)19)16-14(17)10-20-13-9-6-5-7-11(13)2/h11-13H,3-10H2,1-2H3,(H,16,17)(H,18,19). The topological polar surface area (TPSA) is 75.6 Å². The third-order valence-electron chi connectivity index (χ3n) is 3.94. The summed E-state index contributed by atoms with van der Waals surface area (Å²) >= 11 is 0. The minimum absolute atomic E-state index is 0.0368. The third-order valence-corrected chi connectivity index (χ3v) is 3.94. The van der Waals surface area contributed by atoms with E-state index in [2.05, 4.69) is 12.2 Å². The van der Waals surface area contributed by atoms with E-state index in [0.717, 1.165) is 32.1 Å². The molecule has 0 saturated heterocycles. The summed E-state index contributed by atoms with van der Waals surface area (Å²) in [7, 11) is 0. The molecule has 1 fully saturated rings. The smallest absolute Gasteiger partial charge is 0.326 e. The lowest BCUT2D eigenvalue weighted by molar-refractivity contribution is -0.143. The summed E-state index contributed by atoms with van der Waals surface area (Å²) < 4.78 is 5.64. The van der Waals surface area contributed by atoms with Crippen LogP contribution < -0.4 is 5.32 Å². The van der Waals surface area contributed by atoms with Crippen molar-refractivity contribution in [3.05, 3.63) is 0 Å². The van der Waals surface area contributed by atoms with Crippen LogP contribution in [-0.4, -0.2) is 35.7 Å². The summed E-state index contributed by atoms with van der Waals surface area (Å²) in [4.78, 5) is 22.8. The second-order valence-electron chi connectivity index (χ2n) is 5.71. The van der Waals surface area contributed by atoms with Crippen molar-refractivity contribution >= 4 is 11.9 Å². The number of ether oxygens (including phenoxy) is 1. The highest BCUT2D eigenvalue weighted by molar-refractivity contribution is 5.84. The Kier molecular flexibility index (Phi) is 7.59. The fourth-order valence-electron chi connectivity index (χ4n) is 2.61. The van der Waals surface area contributed by atoms with Gasteiger partial charge in [-0.2, -0.15) is 0 Å². The van der Waals surface area contributed by atoms with E-state index in [0.29, 0.717) is 12.3 Å². The molecular formula is C15H27NO4. The summed E-state index contributed by atoms with van der Waals surface area (Å²) in [5, 5.41) is 11.6. The van der Waals surface area contributed by atoms with E-state index in [9.17, 15) is 9.59 Å². The van der Waals surface area contributed by atoms with Crippen molar-refractivity contribution in [2.45, 2.75) is 70.9 Å². The van der Waals surface area contributed by atoms with Gasteiger partial charge in [-0.25, -0.2) is 4.79 Å². The van der Waals surface area contributed by atoms with Crippen LogP contribution in [0.2, 0.25) is 0 Å². The van der Waals surface area contributed by atoms with E-state index in [1.54, 1.807) is 0 Å². The highest BCUT2D eigenvalue weighted by Crippen LogP contribution is 2.26. The molecule has 0 aromatic carbocycles. The quantitative estimate of drug-likeness (QED) is 0.717. The van der Waals surface area contributed by atoms with Crippen LogP contribution >= 0.6 is 0 Å². The van der Waals surface area contributed by atoms with Crippen molar-refractivity contribution in [3.63, 3.8) is 0 Å². The lowest BCUT2D eigenvalue weighted by Gasteiger charge is -2.28. The van der Waals surface area contributed by atoms with Gasteiger partial charge < -0.3 is 15.2 Å². The second kappa shape index (κ2) is 8.95. The number of carbonyl (C=O) groups is 2. The fraction of sp³-hybridized carbons (Fsp3) is 0.867. The number of hydrogen-bond donors (Lipinski definition) is 2. The van der Waals surface area contributed by atoms with E-state index in [1.807, 2.05) is 6.92 Å². The first-order valence-electron chi connectivity index (χ1n) is 7.68. The molecule has 2 N–H and O–H groups in total. The lowest BCUT2D eigenvalue weighted by Crippen LogP contribution is -2.43. The Hall–Kier alpha value is -1.10. The SMILES string of the molecule is CCCCC(NC(=O)COC1CCCCC1C)C(=O)O. The zero-order valence-corrected chi connectivity index (χ0v) is 12.6. The Morgan fingerprint density at radius 2 is 2.05 bits per heavy atom. The van der Waals surface area contributed by atoms with Gasteiger partial charge in [0.15, 0.2) is 0 Å². The summed E-state index contributed by atoms with van der Waals surface area (Å²) in [5.41, 5.74) is 0. The average Bonchev–Trinajstić information content (AvgIpc) is 2.42. The molecule has 3 atom stereocenters. The number of aliphatic carboxylic acids is 1. The van der Waals surface area contributed by atoms with E-state index < -0.39 is 12.0 Å². The normalized spacial score (nSPS) is 24.1. The van der Waals surface area contributed by atoms with Crippen molar-refractivity contribution in [1.29, 1.82) is 0 Å². The first-order valence-corrected chi connectivity index (χ1v) is 7.68. The van der Waals surface area contributed by atoms with Gasteiger partial charge in [0.05, 0.1) is 6.10 Å². The van der Waals surface area contributed by atoms with Gasteiger partial charge in [0.2, 0.25) is 5.91 Å². The highest BCUT2D eigenvalue weighted by atomic mass is 16.5. The minimum Gasteiger partial charge on any atom is -0.480 e. The summed E-state index contributed by atoms with van der Waals surface area (Å²) in [5.74, 6) is -0.823. The molecule has 0 aromatic heterocycles. The first kappa shape index (κ1) is 17.0. The molecule has 20 heavy (non-hydrogen) atoms. The number of unbranched alkanes of at least 4 members (excludes halogenated alkanes) is 1. The van der Waals surface area contributed by atoms with E-state index in [1.165, 1.54) is 6.42 Å². The predicted octanol–water partition coefficient (Wildman–Crippen LogP) is 2.34. The number of carbonyl (C=O) groups excluding carboxylic acids is 1. The van der Waals surface area contributed by atoms with Crippen LogP contribution in [0.15, 0.2) is 0 Å². The maximum absolute atomic E-state index is 11.8. The van der Waals surface area contributed by atoms with Gasteiger partial charge in [0.1, 0.15) is 12.6 Å². The molecule has 1 saturated carbocycles. The molecule has 0 spiro atoms. The average molecular weight is 285 g/mol. The number of rotatable bonds is 8. The van der Waals surface area contributed by atoms with Crippen molar-refractivity contribution in [3.8, 4) is 0 Å². The molecule has 5 heteroatoms. The molecule has 0 radical (unpaired) electrons. The fourth-order valence-corrected chi connectivity index (χ4v) is 2.61. The molecule has 0 aromatic rings. The molecular weight excluding hydrogens is 258 g/mol. The predicted molar refractivity (Wildman–Crippen MR) is 76.5 cm³/mol. The summed E-state index contributed by atoms with van der Waals surface area (Å²) in [6.45, 7) is 4.10. The molecule has 1 rings (SSSR count). The molecule has 0 aliphatic heterocycles. The van der Waals surface area contributed by atoms with Crippen LogP contribution in [0, 0.1) is 5.92 Å². The van der Waals surface area contributed by atoms with Crippen molar-refractivity contribution in [1.82, 2.24) is 5.32 Å². The van der Waals surface area contributed by atoms with Crippen LogP contribution in [-0.2, 0) is 14.3 Å². The number of hydrogen-bond acceptors (Lipinski definition) is 3. The molecule has 0 heterocycles. The molecule has 1 amide bonds. The molecule has 3 unspecified atom stereocenters. The first-order chi connectivity index (χ1) is 9.54. The van der Waals surface area contributed by atoms with Crippen LogP contribution in [0.4, 0.5) is 0 Å². The Labute approximate surface area is 121 Å². The zero-order valence-electron chi connectivity index (χ0n) is 12.6. The number of amides is 1. The van der Waals surface area contributed by atoms with Crippen LogP contribution in [0.1, 0.15) is 58.8 Å². The number of carboxylic acid groups (broad SMARTS) is 1. The Morgan fingerprint density at radius 3 is 2.65 bits per heavy atom. The van der Waals surface area contributed by atoms with Crippen molar-refractivity contribution in [2.24, 2.45) is 5.92 Å². The van der Waals surface area contributed by atoms with Gasteiger partial charge in [-0.1, -0.05) is 39.5 Å². The lowest BCUT2D eigenvalue weighted by atomic mass is 9.88. The molecule has 5 nitrogen and oxygen atoms in total. The van der Waals surface area contributed by atoms with Gasteiger partial charge in [0, 0.05) is 0 Å². The second-order valence-corrected chi connectivity index (χ2v) is 5.71. The van der Waals surface area contributed by atoms with Gasteiger partial charge in [-0.05, 0) is 25.2 Å². The van der Waals surface area contributed by atoms with E-state index >= 15 is 0 Å². The summed E-state index contributed by atoms with van der Waals surface area (Å²) in [6.07, 6.45) is 6.81. The molecule has 1 aliphatic rings. The Bertz CT molecular complexity index is 319. The van der Waals surface area contributed by atoms with Crippen LogP contribution in [0.25, 0.3) is 0 Å². The minimum atomic E-state index is -0.974. The van der Waals surface area contributed by atoms with Crippen LogP contribution in [0.5, 0.6) is 0 Å². The highest BCUT2D eigenvalue weighted by Gasteiger charge is 2.24. The van der Waals surface area contributed by atoms with Gasteiger partial charge in [0.25, 0.3) is 0 Å². The maximum Gasteiger partial charge on any atom is 0.326 e. The van der Waals surface area contributed by atoms with Gasteiger partial charge in [-0.15, -0.1) is 0 Å². The Morgan fingerprint density at radius 1 is 1.35 bits per heavy atom. The van der Waals surface area contributed by atoms with Gasteiger partial charge >= 0.3 is 5.97 Å². The largest absolute Gasteiger partial charge is 0.480 e. The van der Waals surface area contributed by atoms with Gasteiger partial charge in [-0.3, -0.25) is 4.79 Å². The number of carboxylic acids is 1.